The van der Waals surface area contributed by atoms with Gasteiger partial charge in [-0.25, -0.2) is 9.97 Å². The Labute approximate surface area is 155 Å². The predicted molar refractivity (Wildman–Crippen MR) is 102 cm³/mol. The highest BCUT2D eigenvalue weighted by Gasteiger charge is 2.07. The lowest BCUT2D eigenvalue weighted by molar-refractivity contribution is -0.115. The van der Waals surface area contributed by atoms with Crippen LogP contribution < -0.4 is 5.32 Å². The number of rotatable bonds is 4. The molecular formula is C21H17FN4O. The normalized spacial score (nSPS) is 10.9. The minimum atomic E-state index is -0.558. The average molecular weight is 360 g/mol. The van der Waals surface area contributed by atoms with Crippen molar-refractivity contribution in [3.63, 3.8) is 0 Å². The zero-order chi connectivity index (χ0) is 18.8. The first-order valence-corrected chi connectivity index (χ1v) is 8.53. The first-order chi connectivity index (χ1) is 13.1. The van der Waals surface area contributed by atoms with E-state index in [1.54, 1.807) is 6.07 Å². The van der Waals surface area contributed by atoms with Crippen LogP contribution >= 0.6 is 0 Å². The number of hydrogen-bond donors (Lipinski definition) is 1. The fourth-order valence-corrected chi connectivity index (χ4v) is 2.87. The molecule has 1 N–H and O–H groups in total. The number of imidazole rings is 1. The van der Waals surface area contributed by atoms with Crippen LogP contribution in [0.5, 0.6) is 0 Å². The first-order valence-electron chi connectivity index (χ1n) is 8.53. The zero-order valence-corrected chi connectivity index (χ0v) is 14.7. The molecule has 0 aliphatic heterocycles. The molecule has 0 bridgehead atoms. The second kappa shape index (κ2) is 6.99. The van der Waals surface area contributed by atoms with Crippen LogP contribution in [-0.2, 0) is 11.2 Å². The molecule has 0 spiro atoms. The number of aryl methyl sites for hydroxylation is 1. The second-order valence-electron chi connectivity index (χ2n) is 6.39. The first kappa shape index (κ1) is 16.9. The largest absolute Gasteiger partial charge is 0.326 e. The van der Waals surface area contributed by atoms with E-state index < -0.39 is 5.95 Å². The van der Waals surface area contributed by atoms with Crippen LogP contribution in [0.3, 0.4) is 0 Å². The molecule has 0 saturated carbocycles. The van der Waals surface area contributed by atoms with E-state index in [1.165, 1.54) is 17.8 Å². The molecule has 0 unspecified atom stereocenters. The lowest BCUT2D eigenvalue weighted by atomic mass is 10.1. The Morgan fingerprint density at radius 1 is 1.07 bits per heavy atom. The Balaban J connectivity index is 1.46. The quantitative estimate of drug-likeness (QED) is 0.559. The van der Waals surface area contributed by atoms with Gasteiger partial charge in [0.25, 0.3) is 0 Å². The van der Waals surface area contributed by atoms with Crippen LogP contribution in [-0.4, -0.2) is 20.3 Å². The third kappa shape index (κ3) is 3.84. The fraction of sp³-hybridized carbons (Fsp3) is 0.0952. The minimum absolute atomic E-state index is 0.140. The number of aromatic nitrogens is 3. The molecule has 27 heavy (non-hydrogen) atoms. The van der Waals surface area contributed by atoms with Gasteiger partial charge in [0.1, 0.15) is 5.65 Å². The Morgan fingerprint density at radius 3 is 2.63 bits per heavy atom. The molecule has 0 saturated heterocycles. The summed E-state index contributed by atoms with van der Waals surface area (Å²) in [7, 11) is 0. The molecular weight excluding hydrogens is 343 g/mol. The van der Waals surface area contributed by atoms with Gasteiger partial charge in [0.15, 0.2) is 0 Å². The summed E-state index contributed by atoms with van der Waals surface area (Å²) in [6.45, 7) is 2.04. The van der Waals surface area contributed by atoms with Crippen molar-refractivity contribution in [2.24, 2.45) is 0 Å². The van der Waals surface area contributed by atoms with Gasteiger partial charge >= 0.3 is 0 Å². The molecule has 6 heteroatoms. The number of nitrogens with zero attached hydrogens (tertiary/aromatic N) is 3. The summed E-state index contributed by atoms with van der Waals surface area (Å²) in [6.07, 6.45) is 5.52. The summed E-state index contributed by atoms with van der Waals surface area (Å²) < 4.78 is 14.8. The van der Waals surface area contributed by atoms with Gasteiger partial charge < -0.3 is 9.72 Å². The molecule has 134 valence electrons. The van der Waals surface area contributed by atoms with Gasteiger partial charge in [-0.1, -0.05) is 24.3 Å². The smallest absolute Gasteiger partial charge is 0.228 e. The average Bonchev–Trinajstić information content (AvgIpc) is 3.07. The highest BCUT2D eigenvalue weighted by molar-refractivity contribution is 5.92. The summed E-state index contributed by atoms with van der Waals surface area (Å²) in [6, 6.07) is 14.3. The minimum Gasteiger partial charge on any atom is -0.326 e. The van der Waals surface area contributed by atoms with Crippen LogP contribution in [0.2, 0.25) is 0 Å². The van der Waals surface area contributed by atoms with Gasteiger partial charge in [0.2, 0.25) is 11.9 Å². The van der Waals surface area contributed by atoms with E-state index in [2.05, 4.69) is 15.3 Å². The fourth-order valence-electron chi connectivity index (χ4n) is 2.87. The van der Waals surface area contributed by atoms with E-state index in [0.717, 1.165) is 16.9 Å². The Kier molecular flexibility index (Phi) is 4.38. The SMILES string of the molecule is Cc1ccc2nc(-c3ccc(NC(=O)Cc4ccc(F)nc4)cc3)cn2c1. The number of nitrogens with one attached hydrogen (secondary N) is 1. The van der Waals surface area contributed by atoms with E-state index >= 15 is 0 Å². The summed E-state index contributed by atoms with van der Waals surface area (Å²) in [5.74, 6) is -0.740. The highest BCUT2D eigenvalue weighted by Crippen LogP contribution is 2.21. The number of pyridine rings is 2. The number of hydrogen-bond acceptors (Lipinski definition) is 3. The van der Waals surface area contributed by atoms with Crippen molar-refractivity contribution in [2.45, 2.75) is 13.3 Å². The molecule has 4 rings (SSSR count). The van der Waals surface area contributed by atoms with Crippen LogP contribution in [0, 0.1) is 12.9 Å². The molecule has 0 aliphatic rings. The van der Waals surface area contributed by atoms with Gasteiger partial charge in [-0.15, -0.1) is 0 Å². The number of anilines is 1. The van der Waals surface area contributed by atoms with Gasteiger partial charge in [-0.3, -0.25) is 4.79 Å². The van der Waals surface area contributed by atoms with Crippen molar-refractivity contribution in [3.8, 4) is 11.3 Å². The Hall–Kier alpha value is -3.54. The number of fused-ring (bicyclic) bond motifs is 1. The van der Waals surface area contributed by atoms with Crippen LogP contribution in [0.25, 0.3) is 16.9 Å². The standard InChI is InChI=1S/C21H17FN4O/c1-14-2-9-20-25-18(13-26(20)12-14)16-4-6-17(7-5-16)24-21(27)10-15-3-8-19(22)23-11-15/h2-9,11-13H,10H2,1H3,(H,24,27). The van der Waals surface area contributed by atoms with E-state index in [4.69, 9.17) is 0 Å². The maximum absolute atomic E-state index is 12.8. The van der Waals surface area contributed by atoms with Crippen molar-refractivity contribution >= 4 is 17.2 Å². The predicted octanol–water partition coefficient (Wildman–Crippen LogP) is 4.03. The lowest BCUT2D eigenvalue weighted by Crippen LogP contribution is -2.14. The molecule has 0 fully saturated rings. The number of amides is 1. The van der Waals surface area contributed by atoms with Gasteiger partial charge in [0.05, 0.1) is 12.1 Å². The van der Waals surface area contributed by atoms with Crippen molar-refractivity contribution in [2.75, 3.05) is 5.32 Å². The number of benzene rings is 1. The van der Waals surface area contributed by atoms with Crippen molar-refractivity contribution in [3.05, 3.63) is 84.2 Å². The Bertz CT molecular complexity index is 1100. The Morgan fingerprint density at radius 2 is 1.89 bits per heavy atom. The molecule has 1 amide bonds. The highest BCUT2D eigenvalue weighted by atomic mass is 19.1. The molecule has 1 aromatic carbocycles. The van der Waals surface area contributed by atoms with Crippen LogP contribution in [0.1, 0.15) is 11.1 Å². The topological polar surface area (TPSA) is 59.3 Å². The number of carbonyl (C=O) groups is 1. The third-order valence-corrected chi connectivity index (χ3v) is 4.22. The molecule has 0 radical (unpaired) electrons. The monoisotopic (exact) mass is 360 g/mol. The number of halogens is 1. The van der Waals surface area contributed by atoms with Gasteiger partial charge in [-0.2, -0.15) is 4.39 Å². The summed E-state index contributed by atoms with van der Waals surface area (Å²) >= 11 is 0. The maximum atomic E-state index is 12.8. The van der Waals surface area contributed by atoms with Crippen LogP contribution in [0.4, 0.5) is 10.1 Å². The number of carbonyl (C=O) groups excluding carboxylic acids is 1. The van der Waals surface area contributed by atoms with Crippen molar-refractivity contribution in [1.82, 2.24) is 14.4 Å². The van der Waals surface area contributed by atoms with E-state index in [9.17, 15) is 9.18 Å². The third-order valence-electron chi connectivity index (χ3n) is 4.22. The van der Waals surface area contributed by atoms with Crippen LogP contribution in [0.15, 0.2) is 67.1 Å². The maximum Gasteiger partial charge on any atom is 0.228 e. The summed E-state index contributed by atoms with van der Waals surface area (Å²) in [5.41, 5.74) is 5.25. The summed E-state index contributed by atoms with van der Waals surface area (Å²) in [5, 5.41) is 2.83. The molecule has 0 atom stereocenters. The van der Waals surface area contributed by atoms with Crippen molar-refractivity contribution in [1.29, 1.82) is 0 Å². The lowest BCUT2D eigenvalue weighted by Gasteiger charge is -2.06. The zero-order valence-electron chi connectivity index (χ0n) is 14.7. The summed E-state index contributed by atoms with van der Waals surface area (Å²) in [4.78, 5) is 20.3. The molecule has 4 aromatic rings. The van der Waals surface area contributed by atoms with Gasteiger partial charge in [-0.05, 0) is 42.3 Å². The second-order valence-corrected chi connectivity index (χ2v) is 6.39. The van der Waals surface area contributed by atoms with E-state index in [-0.39, 0.29) is 12.3 Å². The molecule has 0 aliphatic carbocycles. The van der Waals surface area contributed by atoms with Gasteiger partial charge in [0, 0.05) is 29.8 Å². The molecule has 5 nitrogen and oxygen atoms in total. The van der Waals surface area contributed by atoms with E-state index in [1.807, 2.05) is 60.1 Å². The van der Waals surface area contributed by atoms with E-state index in [0.29, 0.717) is 11.3 Å². The van der Waals surface area contributed by atoms with Crippen molar-refractivity contribution < 1.29 is 9.18 Å². The molecule has 3 heterocycles. The molecule has 3 aromatic heterocycles.